The lowest BCUT2D eigenvalue weighted by molar-refractivity contribution is -0.384. The van der Waals surface area contributed by atoms with Gasteiger partial charge in [0.1, 0.15) is 5.69 Å². The van der Waals surface area contributed by atoms with Crippen molar-refractivity contribution >= 4 is 11.4 Å². The van der Waals surface area contributed by atoms with E-state index in [1.807, 2.05) is 20.8 Å². The van der Waals surface area contributed by atoms with Gasteiger partial charge in [-0.05, 0) is 32.4 Å². The molecule has 0 atom stereocenters. The lowest BCUT2D eigenvalue weighted by Crippen LogP contribution is -2.21. The number of hydrogen-bond donors (Lipinski definition) is 2. The van der Waals surface area contributed by atoms with Gasteiger partial charge in [0.15, 0.2) is 0 Å². The van der Waals surface area contributed by atoms with Gasteiger partial charge in [-0.3, -0.25) is 16.0 Å². The van der Waals surface area contributed by atoms with E-state index in [0.29, 0.717) is 25.4 Å². The van der Waals surface area contributed by atoms with Crippen LogP contribution in [0.2, 0.25) is 0 Å². The molecule has 1 aromatic carbocycles. The molecule has 0 spiro atoms. The number of ether oxygens (including phenoxy) is 2. The minimum absolute atomic E-state index is 0.0699. The summed E-state index contributed by atoms with van der Waals surface area (Å²) in [6, 6.07) is 4.73. The summed E-state index contributed by atoms with van der Waals surface area (Å²) in [6.07, 6.45) is 0. The maximum absolute atomic E-state index is 10.9. The van der Waals surface area contributed by atoms with E-state index in [1.54, 1.807) is 12.1 Å². The molecule has 7 heteroatoms. The fourth-order valence-electron chi connectivity index (χ4n) is 1.54. The molecule has 0 aliphatic carbocycles. The first-order valence-corrected chi connectivity index (χ1v) is 6.29. The molecule has 0 unspecified atom stereocenters. The average molecular weight is 283 g/mol. The highest BCUT2D eigenvalue weighted by Crippen LogP contribution is 2.24. The number of nitrogens with two attached hydrogens (primary N) is 1. The monoisotopic (exact) mass is 283 g/mol. The number of nitro benzene ring substituents is 1. The molecule has 20 heavy (non-hydrogen) atoms. The van der Waals surface area contributed by atoms with Gasteiger partial charge in [0, 0.05) is 6.07 Å². The van der Waals surface area contributed by atoms with E-state index in [9.17, 15) is 10.1 Å². The molecule has 3 N–H and O–H groups in total. The van der Waals surface area contributed by atoms with E-state index >= 15 is 0 Å². The molecule has 112 valence electrons. The average Bonchev–Trinajstić information content (AvgIpc) is 2.36. The van der Waals surface area contributed by atoms with E-state index in [4.69, 9.17) is 15.3 Å². The van der Waals surface area contributed by atoms with Crippen molar-refractivity contribution in [3.05, 3.63) is 33.9 Å². The topological polar surface area (TPSA) is 99.7 Å². The third kappa shape index (κ3) is 5.52. The van der Waals surface area contributed by atoms with E-state index in [2.05, 4.69) is 5.43 Å². The van der Waals surface area contributed by atoms with Gasteiger partial charge in [-0.25, -0.2) is 0 Å². The van der Waals surface area contributed by atoms with Crippen LogP contribution in [0.5, 0.6) is 0 Å². The Bertz CT molecular complexity index is 457. The zero-order chi connectivity index (χ0) is 15.2. The zero-order valence-corrected chi connectivity index (χ0v) is 12.0. The highest BCUT2D eigenvalue weighted by atomic mass is 16.6. The highest BCUT2D eigenvalue weighted by Gasteiger charge is 2.14. The Morgan fingerprint density at radius 3 is 2.60 bits per heavy atom. The second-order valence-corrected chi connectivity index (χ2v) is 5.27. The molecule has 0 heterocycles. The van der Waals surface area contributed by atoms with Crippen LogP contribution in [0, 0.1) is 10.1 Å². The largest absolute Gasteiger partial charge is 0.374 e. The van der Waals surface area contributed by atoms with Crippen LogP contribution in [0.25, 0.3) is 0 Å². The quantitative estimate of drug-likeness (QED) is 0.344. The molecular weight excluding hydrogens is 262 g/mol. The number of nitrogens with zero attached hydrogens (tertiary/aromatic N) is 1. The zero-order valence-electron chi connectivity index (χ0n) is 12.0. The van der Waals surface area contributed by atoms with E-state index < -0.39 is 4.92 Å². The smallest absolute Gasteiger partial charge is 0.294 e. The van der Waals surface area contributed by atoms with Crippen LogP contribution in [0.15, 0.2) is 18.2 Å². The third-order valence-corrected chi connectivity index (χ3v) is 2.45. The first-order valence-electron chi connectivity index (χ1n) is 6.29. The molecule has 1 aromatic rings. The second-order valence-electron chi connectivity index (χ2n) is 5.27. The Kier molecular flexibility index (Phi) is 5.87. The number of nitrogen functional groups attached to an aromatic ring is 1. The van der Waals surface area contributed by atoms with Crippen LogP contribution in [-0.2, 0) is 16.1 Å². The van der Waals surface area contributed by atoms with Crippen LogP contribution >= 0.6 is 0 Å². The van der Waals surface area contributed by atoms with Gasteiger partial charge in [-0.15, -0.1) is 0 Å². The van der Waals surface area contributed by atoms with Crippen molar-refractivity contribution < 1.29 is 14.4 Å². The first-order chi connectivity index (χ1) is 9.33. The second kappa shape index (κ2) is 7.18. The standard InChI is InChI=1S/C13H21N3O4/c1-13(2,3)20-7-6-19-9-10-4-5-11(15-14)12(8-10)16(17)18/h4-5,8,15H,6-7,9,14H2,1-3H3. The Morgan fingerprint density at radius 2 is 2.05 bits per heavy atom. The summed E-state index contributed by atoms with van der Waals surface area (Å²) in [7, 11) is 0. The molecule has 0 bridgehead atoms. The predicted octanol–water partition coefficient (Wildman–Crippen LogP) is 2.21. The van der Waals surface area contributed by atoms with Gasteiger partial charge in [0.2, 0.25) is 0 Å². The maximum Gasteiger partial charge on any atom is 0.294 e. The van der Waals surface area contributed by atoms with Gasteiger partial charge in [0.05, 0.1) is 30.3 Å². The predicted molar refractivity (Wildman–Crippen MR) is 76.3 cm³/mol. The molecular formula is C13H21N3O4. The lowest BCUT2D eigenvalue weighted by Gasteiger charge is -2.19. The van der Waals surface area contributed by atoms with Crippen molar-refractivity contribution in [2.45, 2.75) is 33.0 Å². The van der Waals surface area contributed by atoms with E-state index in [-0.39, 0.29) is 17.0 Å². The van der Waals surface area contributed by atoms with Gasteiger partial charge in [0.25, 0.3) is 5.69 Å². The van der Waals surface area contributed by atoms with Crippen LogP contribution in [0.3, 0.4) is 0 Å². The normalized spacial score (nSPS) is 11.4. The third-order valence-electron chi connectivity index (χ3n) is 2.45. The molecule has 0 aromatic heterocycles. The fraction of sp³-hybridized carbons (Fsp3) is 0.538. The van der Waals surface area contributed by atoms with E-state index in [1.165, 1.54) is 6.07 Å². The number of nitrogens with one attached hydrogen (secondary N) is 1. The molecule has 0 saturated heterocycles. The minimum Gasteiger partial charge on any atom is -0.374 e. The van der Waals surface area contributed by atoms with Gasteiger partial charge in [-0.2, -0.15) is 0 Å². The summed E-state index contributed by atoms with van der Waals surface area (Å²) in [6.45, 7) is 7.11. The Morgan fingerprint density at radius 1 is 1.35 bits per heavy atom. The van der Waals surface area contributed by atoms with Crippen molar-refractivity contribution in [2.24, 2.45) is 5.84 Å². The molecule has 0 amide bonds. The highest BCUT2D eigenvalue weighted by molar-refractivity contribution is 5.61. The number of nitro groups is 1. The summed E-state index contributed by atoms with van der Waals surface area (Å²) in [4.78, 5) is 10.4. The molecule has 1 rings (SSSR count). The molecule has 0 saturated carbocycles. The summed E-state index contributed by atoms with van der Waals surface area (Å²) in [5.41, 5.74) is 3.01. The Balaban J connectivity index is 2.49. The number of benzene rings is 1. The summed E-state index contributed by atoms with van der Waals surface area (Å²) in [5, 5.41) is 10.9. The molecule has 0 radical (unpaired) electrons. The maximum atomic E-state index is 10.9. The lowest BCUT2D eigenvalue weighted by atomic mass is 10.2. The van der Waals surface area contributed by atoms with Crippen molar-refractivity contribution in [1.29, 1.82) is 0 Å². The number of hydrogen-bond acceptors (Lipinski definition) is 6. The van der Waals surface area contributed by atoms with Gasteiger partial charge in [-0.1, -0.05) is 6.07 Å². The Labute approximate surface area is 118 Å². The minimum atomic E-state index is -0.485. The van der Waals surface area contributed by atoms with Crippen molar-refractivity contribution in [3.8, 4) is 0 Å². The number of anilines is 1. The summed E-state index contributed by atoms with van der Waals surface area (Å²) in [5.74, 6) is 5.22. The van der Waals surface area contributed by atoms with Crippen LogP contribution in [0.4, 0.5) is 11.4 Å². The van der Waals surface area contributed by atoms with Crippen molar-refractivity contribution in [2.75, 3.05) is 18.6 Å². The number of rotatable bonds is 7. The SMILES string of the molecule is CC(C)(C)OCCOCc1ccc(NN)c([N+](=O)[O-])c1. The summed E-state index contributed by atoms with van der Waals surface area (Å²) >= 11 is 0. The summed E-state index contributed by atoms with van der Waals surface area (Å²) < 4.78 is 10.9. The number of hydrazine groups is 1. The molecule has 0 aliphatic heterocycles. The van der Waals surface area contributed by atoms with Crippen molar-refractivity contribution in [1.82, 2.24) is 0 Å². The van der Waals surface area contributed by atoms with Gasteiger partial charge < -0.3 is 14.9 Å². The van der Waals surface area contributed by atoms with Crippen LogP contribution < -0.4 is 11.3 Å². The van der Waals surface area contributed by atoms with Crippen LogP contribution in [0.1, 0.15) is 26.3 Å². The molecule has 0 fully saturated rings. The van der Waals surface area contributed by atoms with Gasteiger partial charge >= 0.3 is 0 Å². The van der Waals surface area contributed by atoms with Crippen LogP contribution in [-0.4, -0.2) is 23.7 Å². The molecule has 0 aliphatic rings. The van der Waals surface area contributed by atoms with Crippen molar-refractivity contribution in [3.63, 3.8) is 0 Å². The fourth-order valence-corrected chi connectivity index (χ4v) is 1.54. The molecule has 7 nitrogen and oxygen atoms in total. The van der Waals surface area contributed by atoms with E-state index in [0.717, 1.165) is 0 Å². The first kappa shape index (κ1) is 16.4. The Hall–Kier alpha value is -1.70.